The molecule has 0 spiro atoms. The van der Waals surface area contributed by atoms with E-state index < -0.39 is 11.6 Å². The van der Waals surface area contributed by atoms with Gasteiger partial charge in [0.05, 0.1) is 13.2 Å². The molecule has 9 heteroatoms. The molecule has 3 fully saturated rings. The fourth-order valence-corrected chi connectivity index (χ4v) is 5.60. The standard InChI is InChI=1S/C26H29ClN4O4/c27-22-4-2-1-3-19(22)17-26(24(33)28-25(34)29-26)20-9-11-31(12-10-20)23(32)18-5-7-21(8-6-18)30-13-15-35-16-14-30/h1-8,20H,9-17H2,(H2,28,29,33,34)/t26-/m1/s1. The molecule has 0 saturated carbocycles. The van der Waals surface area contributed by atoms with Gasteiger partial charge in [-0.1, -0.05) is 29.8 Å². The highest BCUT2D eigenvalue weighted by molar-refractivity contribution is 6.31. The van der Waals surface area contributed by atoms with Crippen molar-refractivity contribution in [2.45, 2.75) is 24.8 Å². The molecule has 0 unspecified atom stereocenters. The molecule has 35 heavy (non-hydrogen) atoms. The van der Waals surface area contributed by atoms with E-state index in [9.17, 15) is 14.4 Å². The summed E-state index contributed by atoms with van der Waals surface area (Å²) in [7, 11) is 0. The minimum Gasteiger partial charge on any atom is -0.378 e. The molecular formula is C26H29ClN4O4. The van der Waals surface area contributed by atoms with Crippen molar-refractivity contribution >= 4 is 35.1 Å². The highest BCUT2D eigenvalue weighted by Gasteiger charge is 2.52. The maximum atomic E-state index is 13.2. The number of nitrogens with zero attached hydrogens (tertiary/aromatic N) is 2. The van der Waals surface area contributed by atoms with Gasteiger partial charge in [0.1, 0.15) is 5.54 Å². The topological polar surface area (TPSA) is 91.0 Å². The maximum Gasteiger partial charge on any atom is 0.322 e. The lowest BCUT2D eigenvalue weighted by atomic mass is 9.74. The van der Waals surface area contributed by atoms with Crippen molar-refractivity contribution in [3.05, 3.63) is 64.7 Å². The van der Waals surface area contributed by atoms with Gasteiger partial charge in [0, 0.05) is 48.9 Å². The van der Waals surface area contributed by atoms with Gasteiger partial charge in [0.15, 0.2) is 0 Å². The predicted molar refractivity (Wildman–Crippen MR) is 133 cm³/mol. The Bertz CT molecular complexity index is 1110. The van der Waals surface area contributed by atoms with Gasteiger partial charge in [-0.15, -0.1) is 0 Å². The number of piperidine rings is 1. The van der Waals surface area contributed by atoms with E-state index in [0.29, 0.717) is 56.2 Å². The van der Waals surface area contributed by atoms with E-state index in [1.807, 2.05) is 47.4 Å². The molecule has 5 rings (SSSR count). The minimum absolute atomic E-state index is 0.0166. The molecule has 2 aromatic rings. The van der Waals surface area contributed by atoms with Crippen LogP contribution in [-0.4, -0.2) is 67.7 Å². The van der Waals surface area contributed by atoms with E-state index in [-0.39, 0.29) is 17.7 Å². The Morgan fingerprint density at radius 1 is 1.00 bits per heavy atom. The van der Waals surface area contributed by atoms with E-state index in [1.54, 1.807) is 6.07 Å². The number of hydrogen-bond acceptors (Lipinski definition) is 5. The molecule has 0 radical (unpaired) electrons. The minimum atomic E-state index is -1.07. The Hall–Kier alpha value is -3.10. The Morgan fingerprint density at radius 3 is 2.31 bits per heavy atom. The number of amides is 4. The molecule has 2 aromatic carbocycles. The molecule has 3 aliphatic rings. The summed E-state index contributed by atoms with van der Waals surface area (Å²) in [6.45, 7) is 4.16. The first-order valence-electron chi connectivity index (χ1n) is 12.1. The van der Waals surface area contributed by atoms with Crippen molar-refractivity contribution in [3.63, 3.8) is 0 Å². The third kappa shape index (κ3) is 4.73. The van der Waals surface area contributed by atoms with E-state index in [0.717, 1.165) is 24.3 Å². The number of ether oxygens (including phenoxy) is 1. The fourth-order valence-electron chi connectivity index (χ4n) is 5.40. The Labute approximate surface area is 209 Å². The van der Waals surface area contributed by atoms with Gasteiger partial charge in [-0.05, 0) is 54.7 Å². The van der Waals surface area contributed by atoms with Crippen molar-refractivity contribution in [2.75, 3.05) is 44.3 Å². The molecule has 4 amide bonds. The number of rotatable bonds is 5. The number of carbonyl (C=O) groups is 3. The Kier molecular flexibility index (Phi) is 6.67. The van der Waals surface area contributed by atoms with Crippen LogP contribution in [0.3, 0.4) is 0 Å². The smallest absolute Gasteiger partial charge is 0.322 e. The van der Waals surface area contributed by atoms with Crippen molar-refractivity contribution in [1.29, 1.82) is 0 Å². The van der Waals surface area contributed by atoms with Crippen molar-refractivity contribution in [3.8, 4) is 0 Å². The summed E-state index contributed by atoms with van der Waals surface area (Å²) in [5.74, 6) is -0.457. The van der Waals surface area contributed by atoms with Crippen LogP contribution in [0, 0.1) is 5.92 Å². The normalized spacial score (nSPS) is 23.2. The highest BCUT2D eigenvalue weighted by Crippen LogP contribution is 2.35. The number of imide groups is 1. The number of hydrogen-bond donors (Lipinski definition) is 2. The number of urea groups is 1. The summed E-state index contributed by atoms with van der Waals surface area (Å²) < 4.78 is 5.41. The van der Waals surface area contributed by atoms with Crippen LogP contribution in [0.15, 0.2) is 48.5 Å². The van der Waals surface area contributed by atoms with Crippen LogP contribution in [0.5, 0.6) is 0 Å². The average Bonchev–Trinajstić information content (AvgIpc) is 3.19. The number of nitrogens with one attached hydrogen (secondary N) is 2. The predicted octanol–water partition coefficient (Wildman–Crippen LogP) is 2.85. The largest absolute Gasteiger partial charge is 0.378 e. The van der Waals surface area contributed by atoms with Crippen molar-refractivity contribution in [2.24, 2.45) is 5.92 Å². The molecule has 184 valence electrons. The zero-order valence-corrected chi connectivity index (χ0v) is 20.2. The lowest BCUT2D eigenvalue weighted by Gasteiger charge is -2.41. The lowest BCUT2D eigenvalue weighted by molar-refractivity contribution is -0.126. The van der Waals surface area contributed by atoms with Crippen LogP contribution in [-0.2, 0) is 16.0 Å². The molecule has 3 aliphatic heterocycles. The molecule has 0 aliphatic carbocycles. The number of benzene rings is 2. The van der Waals surface area contributed by atoms with E-state index in [1.165, 1.54) is 0 Å². The number of morpholine rings is 1. The molecule has 3 saturated heterocycles. The maximum absolute atomic E-state index is 13.2. The molecule has 8 nitrogen and oxygen atoms in total. The lowest BCUT2D eigenvalue weighted by Crippen LogP contribution is -2.58. The quantitative estimate of drug-likeness (QED) is 0.621. The van der Waals surface area contributed by atoms with Crippen LogP contribution >= 0.6 is 11.6 Å². The van der Waals surface area contributed by atoms with Crippen molar-refractivity contribution in [1.82, 2.24) is 15.5 Å². The van der Waals surface area contributed by atoms with Gasteiger partial charge in [-0.3, -0.25) is 14.9 Å². The first-order valence-corrected chi connectivity index (χ1v) is 12.4. The van der Waals surface area contributed by atoms with Crippen LogP contribution in [0.2, 0.25) is 5.02 Å². The summed E-state index contributed by atoms with van der Waals surface area (Å²) >= 11 is 6.37. The number of halogens is 1. The molecule has 0 aromatic heterocycles. The van der Waals surface area contributed by atoms with Gasteiger partial charge in [-0.2, -0.15) is 0 Å². The average molecular weight is 497 g/mol. The zero-order chi connectivity index (χ0) is 24.4. The van der Waals surface area contributed by atoms with E-state index in [4.69, 9.17) is 16.3 Å². The van der Waals surface area contributed by atoms with Gasteiger partial charge in [0.25, 0.3) is 11.8 Å². The van der Waals surface area contributed by atoms with E-state index >= 15 is 0 Å². The van der Waals surface area contributed by atoms with Gasteiger partial charge < -0.3 is 19.9 Å². The Morgan fingerprint density at radius 2 is 1.69 bits per heavy atom. The second kappa shape index (κ2) is 9.87. The number of carbonyl (C=O) groups excluding carboxylic acids is 3. The summed E-state index contributed by atoms with van der Waals surface area (Å²) in [6.07, 6.45) is 1.53. The summed E-state index contributed by atoms with van der Waals surface area (Å²) in [4.78, 5) is 42.4. The monoisotopic (exact) mass is 496 g/mol. The zero-order valence-electron chi connectivity index (χ0n) is 19.5. The van der Waals surface area contributed by atoms with Crippen LogP contribution in [0.25, 0.3) is 0 Å². The van der Waals surface area contributed by atoms with Gasteiger partial charge >= 0.3 is 6.03 Å². The van der Waals surface area contributed by atoms with Gasteiger partial charge in [0.2, 0.25) is 0 Å². The summed E-state index contributed by atoms with van der Waals surface area (Å²) in [5.41, 5.74) is 1.48. The first kappa shape index (κ1) is 23.6. The second-order valence-corrected chi connectivity index (χ2v) is 9.77. The molecule has 2 N–H and O–H groups in total. The first-order chi connectivity index (χ1) is 17.0. The summed E-state index contributed by atoms with van der Waals surface area (Å²) in [5, 5.41) is 5.88. The van der Waals surface area contributed by atoms with Crippen molar-refractivity contribution < 1.29 is 19.1 Å². The molecule has 0 bridgehead atoms. The summed E-state index contributed by atoms with van der Waals surface area (Å²) in [6, 6.07) is 14.6. The van der Waals surface area contributed by atoms with Crippen LogP contribution in [0.4, 0.5) is 10.5 Å². The number of likely N-dealkylation sites (tertiary alicyclic amines) is 1. The SMILES string of the molecule is O=C1NC(=O)[C@@](Cc2ccccc2Cl)(C2CCN(C(=O)c3ccc(N4CCOCC4)cc3)CC2)N1. The molecular weight excluding hydrogens is 468 g/mol. The fraction of sp³-hybridized carbons (Fsp3) is 0.423. The molecule has 1 atom stereocenters. The van der Waals surface area contributed by atoms with Gasteiger partial charge in [-0.25, -0.2) is 4.79 Å². The highest BCUT2D eigenvalue weighted by atomic mass is 35.5. The van der Waals surface area contributed by atoms with Crippen LogP contribution in [0.1, 0.15) is 28.8 Å². The molecule has 3 heterocycles. The number of anilines is 1. The third-order valence-corrected chi connectivity index (χ3v) is 7.73. The third-order valence-electron chi connectivity index (χ3n) is 7.37. The Balaban J connectivity index is 1.26. The van der Waals surface area contributed by atoms with Crippen LogP contribution < -0.4 is 15.5 Å². The van der Waals surface area contributed by atoms with E-state index in [2.05, 4.69) is 15.5 Å². The second-order valence-electron chi connectivity index (χ2n) is 9.36.